The largest absolute Gasteiger partial charge is 0.376 e. The van der Waals surface area contributed by atoms with Crippen LogP contribution in [0, 0.1) is 0 Å². The van der Waals surface area contributed by atoms with E-state index in [-0.39, 0.29) is 5.41 Å². The van der Waals surface area contributed by atoms with E-state index in [4.69, 9.17) is 15.0 Å². The second-order valence-corrected chi connectivity index (χ2v) is 6.44. The summed E-state index contributed by atoms with van der Waals surface area (Å²) in [5.74, 6) is 1.17. The van der Waals surface area contributed by atoms with E-state index >= 15 is 0 Å². The van der Waals surface area contributed by atoms with Gasteiger partial charge in [-0.3, -0.25) is 0 Å². The minimum absolute atomic E-state index is 0.115. The van der Waals surface area contributed by atoms with Gasteiger partial charge in [0.2, 0.25) is 5.89 Å². The van der Waals surface area contributed by atoms with Crippen molar-refractivity contribution >= 4 is 0 Å². The van der Waals surface area contributed by atoms with Crippen LogP contribution in [0.25, 0.3) is 0 Å². The molecule has 1 atom stereocenters. The third kappa shape index (κ3) is 3.15. The Balaban J connectivity index is 2.03. The maximum Gasteiger partial charge on any atom is 0.232 e. The van der Waals surface area contributed by atoms with E-state index in [2.05, 4.69) is 30.9 Å². The highest BCUT2D eigenvalue weighted by Gasteiger charge is 2.33. The topological polar surface area (TPSA) is 74.2 Å². The number of hydrogen-bond donors (Lipinski definition) is 1. The Bertz CT molecular complexity index is 422. The highest BCUT2D eigenvalue weighted by atomic mass is 16.5. The van der Waals surface area contributed by atoms with Crippen LogP contribution < -0.4 is 5.73 Å². The Morgan fingerprint density at radius 1 is 1.37 bits per heavy atom. The van der Waals surface area contributed by atoms with Crippen molar-refractivity contribution in [3.63, 3.8) is 0 Å². The molecule has 2 rings (SSSR count). The third-order valence-electron chi connectivity index (χ3n) is 4.07. The Hall–Kier alpha value is -0.940. The Morgan fingerprint density at radius 3 is 2.58 bits per heavy atom. The summed E-state index contributed by atoms with van der Waals surface area (Å²) in [5.41, 5.74) is 5.44. The molecule has 1 unspecified atom stereocenters. The first-order valence-corrected chi connectivity index (χ1v) is 7.10. The van der Waals surface area contributed by atoms with Gasteiger partial charge in [0.05, 0.1) is 12.7 Å². The normalized spacial score (nSPS) is 20.1. The number of nitrogens with zero attached hydrogens (tertiary/aromatic N) is 2. The maximum atomic E-state index is 6.25. The van der Waals surface area contributed by atoms with Crippen LogP contribution in [0.4, 0.5) is 0 Å². The summed E-state index contributed by atoms with van der Waals surface area (Å²) in [6.45, 7) is 8.60. The minimum Gasteiger partial charge on any atom is -0.376 e. The Kier molecular flexibility index (Phi) is 3.97. The molecule has 0 saturated heterocycles. The van der Waals surface area contributed by atoms with Crippen molar-refractivity contribution in [1.29, 1.82) is 0 Å². The van der Waals surface area contributed by atoms with Gasteiger partial charge in [-0.15, -0.1) is 0 Å². The van der Waals surface area contributed by atoms with Crippen molar-refractivity contribution in [1.82, 2.24) is 10.1 Å². The first-order valence-electron chi connectivity index (χ1n) is 7.10. The monoisotopic (exact) mass is 267 g/mol. The van der Waals surface area contributed by atoms with Gasteiger partial charge >= 0.3 is 0 Å². The van der Waals surface area contributed by atoms with Gasteiger partial charge in [0.25, 0.3) is 0 Å². The van der Waals surface area contributed by atoms with Crippen molar-refractivity contribution in [2.24, 2.45) is 5.73 Å². The fourth-order valence-electron chi connectivity index (χ4n) is 1.77. The second kappa shape index (κ2) is 5.21. The molecule has 0 aliphatic heterocycles. The molecule has 1 aromatic heterocycles. The van der Waals surface area contributed by atoms with Crippen LogP contribution in [-0.4, -0.2) is 22.9 Å². The van der Waals surface area contributed by atoms with Crippen molar-refractivity contribution in [2.75, 3.05) is 6.61 Å². The molecule has 5 heteroatoms. The average molecular weight is 267 g/mol. The molecule has 5 nitrogen and oxygen atoms in total. The number of ether oxygens (including phenoxy) is 1. The molecule has 1 aromatic rings. The van der Waals surface area contributed by atoms with Crippen LogP contribution in [-0.2, 0) is 15.7 Å². The summed E-state index contributed by atoms with van der Waals surface area (Å²) in [7, 11) is 0. The van der Waals surface area contributed by atoms with Crippen molar-refractivity contribution < 1.29 is 9.26 Å². The molecular formula is C14H25N3O2. The molecule has 19 heavy (non-hydrogen) atoms. The van der Waals surface area contributed by atoms with Gasteiger partial charge < -0.3 is 15.0 Å². The second-order valence-electron chi connectivity index (χ2n) is 6.44. The predicted octanol–water partition coefficient (Wildman–Crippen LogP) is 2.50. The molecule has 2 N–H and O–H groups in total. The molecule has 0 spiro atoms. The zero-order chi connectivity index (χ0) is 14.1. The van der Waals surface area contributed by atoms with Gasteiger partial charge in [0.15, 0.2) is 5.82 Å². The average Bonchev–Trinajstić information content (AvgIpc) is 2.77. The van der Waals surface area contributed by atoms with E-state index in [1.807, 2.05) is 6.92 Å². The first kappa shape index (κ1) is 14.5. The van der Waals surface area contributed by atoms with Crippen LogP contribution in [0.15, 0.2) is 4.52 Å². The molecule has 1 saturated carbocycles. The minimum atomic E-state index is -0.693. The summed E-state index contributed by atoms with van der Waals surface area (Å²) < 4.78 is 11.1. The number of nitrogens with two attached hydrogens (primary N) is 1. The molecule has 1 fully saturated rings. The van der Waals surface area contributed by atoms with Gasteiger partial charge in [-0.25, -0.2) is 0 Å². The van der Waals surface area contributed by atoms with Crippen LogP contribution in [0.2, 0.25) is 0 Å². The van der Waals surface area contributed by atoms with E-state index in [0.717, 1.165) is 19.3 Å². The summed E-state index contributed by atoms with van der Waals surface area (Å²) in [6, 6.07) is 0. The molecule has 0 aromatic carbocycles. The zero-order valence-electron chi connectivity index (χ0n) is 12.4. The molecule has 0 radical (unpaired) electrons. The van der Waals surface area contributed by atoms with Gasteiger partial charge in [-0.05, 0) is 32.6 Å². The fraction of sp³-hybridized carbons (Fsp3) is 0.857. The number of rotatable bonds is 6. The maximum absolute atomic E-state index is 6.25. The smallest absolute Gasteiger partial charge is 0.232 e. The first-order chi connectivity index (χ1) is 8.85. The summed E-state index contributed by atoms with van der Waals surface area (Å²) in [4.78, 5) is 4.46. The van der Waals surface area contributed by atoms with Crippen LogP contribution in [0.5, 0.6) is 0 Å². The number of aromatic nitrogens is 2. The lowest BCUT2D eigenvalue weighted by Crippen LogP contribution is -2.41. The van der Waals surface area contributed by atoms with Gasteiger partial charge in [0, 0.05) is 5.41 Å². The van der Waals surface area contributed by atoms with E-state index in [1.165, 1.54) is 6.42 Å². The molecule has 1 aliphatic carbocycles. The van der Waals surface area contributed by atoms with E-state index < -0.39 is 5.54 Å². The predicted molar refractivity (Wildman–Crippen MR) is 72.7 cm³/mol. The molecule has 108 valence electrons. The lowest BCUT2D eigenvalue weighted by Gasteiger charge is -2.29. The van der Waals surface area contributed by atoms with Crippen LogP contribution in [0.3, 0.4) is 0 Å². The van der Waals surface area contributed by atoms with Gasteiger partial charge in [0.1, 0.15) is 5.54 Å². The zero-order valence-corrected chi connectivity index (χ0v) is 12.4. The molecule has 0 bridgehead atoms. The fourth-order valence-corrected chi connectivity index (χ4v) is 1.77. The van der Waals surface area contributed by atoms with Crippen molar-refractivity contribution in [3.8, 4) is 0 Å². The Morgan fingerprint density at radius 2 is 2.05 bits per heavy atom. The standard InChI is InChI=1S/C14H25N3O2/c1-5-13(2,3)12-16-11(17-19-12)14(4,15)9-18-10-7-6-8-10/h10H,5-9,15H2,1-4H3. The molecular weight excluding hydrogens is 242 g/mol. The van der Waals surface area contributed by atoms with Crippen molar-refractivity contribution in [2.45, 2.75) is 70.4 Å². The van der Waals surface area contributed by atoms with Crippen LogP contribution in [0.1, 0.15) is 65.1 Å². The van der Waals surface area contributed by atoms with Crippen LogP contribution >= 0.6 is 0 Å². The molecule has 0 amide bonds. The SMILES string of the molecule is CCC(C)(C)c1nc(C(C)(N)COC2CCC2)no1. The highest BCUT2D eigenvalue weighted by Crippen LogP contribution is 2.28. The lowest BCUT2D eigenvalue weighted by molar-refractivity contribution is -0.0222. The van der Waals surface area contributed by atoms with E-state index in [0.29, 0.717) is 24.4 Å². The Labute approximate surface area is 114 Å². The van der Waals surface area contributed by atoms with E-state index in [9.17, 15) is 0 Å². The number of hydrogen-bond acceptors (Lipinski definition) is 5. The van der Waals surface area contributed by atoms with Gasteiger partial charge in [-0.1, -0.05) is 25.9 Å². The third-order valence-corrected chi connectivity index (χ3v) is 4.07. The summed E-state index contributed by atoms with van der Waals surface area (Å²) in [5, 5.41) is 4.03. The highest BCUT2D eigenvalue weighted by molar-refractivity contribution is 5.06. The molecule has 1 aliphatic rings. The lowest BCUT2D eigenvalue weighted by atomic mass is 9.90. The van der Waals surface area contributed by atoms with Crippen molar-refractivity contribution in [3.05, 3.63) is 11.7 Å². The quantitative estimate of drug-likeness (QED) is 0.857. The molecule has 1 heterocycles. The summed E-state index contributed by atoms with van der Waals surface area (Å²) >= 11 is 0. The van der Waals surface area contributed by atoms with Gasteiger partial charge in [-0.2, -0.15) is 4.98 Å². The van der Waals surface area contributed by atoms with E-state index in [1.54, 1.807) is 0 Å². The summed E-state index contributed by atoms with van der Waals surface area (Å²) in [6.07, 6.45) is 4.83.